The van der Waals surface area contributed by atoms with Crippen molar-refractivity contribution < 1.29 is 17.9 Å². The number of rotatable bonds is 4. The Hall–Kier alpha value is -3.01. The Balaban J connectivity index is 1.74. The summed E-state index contributed by atoms with van der Waals surface area (Å²) in [5, 5.41) is 7.56. The predicted octanol–water partition coefficient (Wildman–Crippen LogP) is 4.17. The summed E-state index contributed by atoms with van der Waals surface area (Å²) in [4.78, 5) is 6.24. The molecule has 144 valence electrons. The van der Waals surface area contributed by atoms with Crippen LogP contribution in [0.25, 0.3) is 28.1 Å². The summed E-state index contributed by atoms with van der Waals surface area (Å²) in [7, 11) is 0. The number of alkyl halides is 3. The van der Waals surface area contributed by atoms with Gasteiger partial charge in [0.1, 0.15) is 11.4 Å². The molecule has 0 saturated heterocycles. The lowest BCUT2D eigenvalue weighted by Gasteiger charge is -2.06. The van der Waals surface area contributed by atoms with Crippen LogP contribution >= 0.6 is 11.8 Å². The monoisotopic (exact) mass is 408 g/mol. The molecule has 1 aromatic carbocycles. The van der Waals surface area contributed by atoms with Crippen molar-refractivity contribution in [2.24, 2.45) is 0 Å². The van der Waals surface area contributed by atoms with E-state index in [2.05, 4.69) is 20.2 Å². The minimum atomic E-state index is -4.64. The minimum absolute atomic E-state index is 0.105. The van der Waals surface area contributed by atoms with Crippen LogP contribution in [0.3, 0.4) is 0 Å². The van der Waals surface area contributed by atoms with E-state index >= 15 is 0 Å². The summed E-state index contributed by atoms with van der Waals surface area (Å²) in [6.45, 7) is 0. The molecule has 7 nitrogen and oxygen atoms in total. The van der Waals surface area contributed by atoms with E-state index in [9.17, 15) is 13.2 Å². The quantitative estimate of drug-likeness (QED) is 0.550. The second-order valence-electron chi connectivity index (χ2n) is 6.46. The van der Waals surface area contributed by atoms with Crippen molar-refractivity contribution in [2.75, 3.05) is 0 Å². The van der Waals surface area contributed by atoms with Gasteiger partial charge in [0.05, 0.1) is 23.6 Å². The maximum Gasteiger partial charge on any atom is 0.451 e. The second-order valence-corrected chi connectivity index (χ2v) is 6.80. The van der Waals surface area contributed by atoms with Crippen LogP contribution in [0.4, 0.5) is 13.2 Å². The molecule has 1 saturated carbocycles. The molecule has 3 heterocycles. The standard InChI is InChI=1S/C17H12ClF3N6O/c18-27-12-4-3-10(28-9-1-2-9)7-11(12)13(26-6-5-22-8-26)14(27)15-23-16(25-24-15)17(19,20)21/h3-9H,1-2H2,(H,23,24,25). The van der Waals surface area contributed by atoms with Crippen LogP contribution < -0.4 is 4.74 Å². The van der Waals surface area contributed by atoms with Crippen molar-refractivity contribution in [3.05, 3.63) is 42.7 Å². The van der Waals surface area contributed by atoms with Gasteiger partial charge in [0, 0.05) is 29.6 Å². The fourth-order valence-electron chi connectivity index (χ4n) is 3.02. The largest absolute Gasteiger partial charge is 0.490 e. The fourth-order valence-corrected chi connectivity index (χ4v) is 3.33. The summed E-state index contributed by atoms with van der Waals surface area (Å²) in [6, 6.07) is 5.35. The Morgan fingerprint density at radius 1 is 1.21 bits per heavy atom. The number of nitrogens with zero attached hydrogens (tertiary/aromatic N) is 5. The van der Waals surface area contributed by atoms with E-state index in [-0.39, 0.29) is 17.6 Å². The zero-order valence-corrected chi connectivity index (χ0v) is 14.9. The summed E-state index contributed by atoms with van der Waals surface area (Å²) < 4.78 is 47.7. The number of hydrogen-bond acceptors (Lipinski definition) is 4. The van der Waals surface area contributed by atoms with E-state index in [4.69, 9.17) is 16.5 Å². The smallest absolute Gasteiger partial charge is 0.451 e. The van der Waals surface area contributed by atoms with Gasteiger partial charge in [-0.25, -0.2) is 9.07 Å². The molecule has 0 atom stereocenters. The zero-order chi connectivity index (χ0) is 19.5. The molecule has 1 N–H and O–H groups in total. The first-order valence-corrected chi connectivity index (χ1v) is 8.75. The van der Waals surface area contributed by atoms with Gasteiger partial charge in [-0.1, -0.05) is 0 Å². The lowest BCUT2D eigenvalue weighted by Crippen LogP contribution is -2.07. The number of aromatic nitrogens is 6. The third-order valence-electron chi connectivity index (χ3n) is 4.42. The van der Waals surface area contributed by atoms with Crippen molar-refractivity contribution in [3.63, 3.8) is 0 Å². The van der Waals surface area contributed by atoms with Gasteiger partial charge in [-0.05, 0) is 31.0 Å². The predicted molar refractivity (Wildman–Crippen MR) is 94.3 cm³/mol. The Morgan fingerprint density at radius 3 is 2.68 bits per heavy atom. The van der Waals surface area contributed by atoms with Crippen LogP contribution in [0.15, 0.2) is 36.9 Å². The number of H-pyrrole nitrogens is 1. The van der Waals surface area contributed by atoms with Crippen LogP contribution in [0.2, 0.25) is 0 Å². The van der Waals surface area contributed by atoms with E-state index in [1.165, 1.54) is 10.4 Å². The number of ether oxygens (including phenoxy) is 1. The molecular weight excluding hydrogens is 397 g/mol. The van der Waals surface area contributed by atoms with Gasteiger partial charge in [0.25, 0.3) is 0 Å². The van der Waals surface area contributed by atoms with Crippen LogP contribution in [0, 0.1) is 0 Å². The van der Waals surface area contributed by atoms with Gasteiger partial charge in [0.15, 0.2) is 5.82 Å². The Kier molecular flexibility index (Phi) is 3.66. The Labute approximate surface area is 160 Å². The molecule has 28 heavy (non-hydrogen) atoms. The molecule has 1 fully saturated rings. The SMILES string of the molecule is FC(F)(F)c1nnc(-c2c(-n3ccnc3)c3cc(OC4CC4)ccc3n2Cl)[nH]1. The molecular formula is C17H12ClF3N6O. The number of halogens is 4. The van der Waals surface area contributed by atoms with Gasteiger partial charge in [-0.15, -0.1) is 10.2 Å². The zero-order valence-electron chi connectivity index (χ0n) is 14.1. The molecule has 0 aliphatic heterocycles. The van der Waals surface area contributed by atoms with Crippen LogP contribution in [0.1, 0.15) is 18.7 Å². The average Bonchev–Trinajstić information content (AvgIpc) is 3.06. The lowest BCUT2D eigenvalue weighted by molar-refractivity contribution is -0.144. The topological polar surface area (TPSA) is 73.5 Å². The van der Waals surface area contributed by atoms with Crippen molar-refractivity contribution in [1.82, 2.24) is 28.8 Å². The van der Waals surface area contributed by atoms with Gasteiger partial charge in [-0.2, -0.15) is 13.2 Å². The van der Waals surface area contributed by atoms with Crippen molar-refractivity contribution >= 4 is 22.7 Å². The molecule has 0 amide bonds. The summed E-state index contributed by atoms with van der Waals surface area (Å²) in [5.41, 5.74) is 1.35. The van der Waals surface area contributed by atoms with Crippen LogP contribution in [0.5, 0.6) is 5.75 Å². The molecule has 1 aliphatic carbocycles. The second kappa shape index (κ2) is 5.99. The van der Waals surface area contributed by atoms with Crippen LogP contribution in [-0.4, -0.2) is 34.9 Å². The molecule has 11 heteroatoms. The molecule has 0 radical (unpaired) electrons. The number of benzene rings is 1. The van der Waals surface area contributed by atoms with Gasteiger partial charge in [-0.3, -0.25) is 0 Å². The van der Waals surface area contributed by atoms with E-state index in [0.717, 1.165) is 12.8 Å². The first kappa shape index (κ1) is 17.1. The van der Waals surface area contributed by atoms with Gasteiger partial charge in [0.2, 0.25) is 5.82 Å². The third-order valence-corrected chi connectivity index (χ3v) is 4.78. The molecule has 1 aliphatic rings. The minimum Gasteiger partial charge on any atom is -0.490 e. The number of aromatic amines is 1. The number of hydrogen-bond donors (Lipinski definition) is 1. The summed E-state index contributed by atoms with van der Waals surface area (Å²) in [6.07, 6.45) is 2.34. The third kappa shape index (κ3) is 2.80. The molecule has 3 aromatic heterocycles. The van der Waals surface area contributed by atoms with Crippen molar-refractivity contribution in [1.29, 1.82) is 0 Å². The number of fused-ring (bicyclic) bond motifs is 1. The van der Waals surface area contributed by atoms with E-state index in [1.807, 2.05) is 6.07 Å². The normalized spacial score (nSPS) is 14.7. The summed E-state index contributed by atoms with van der Waals surface area (Å²) in [5.74, 6) is -0.635. The van der Waals surface area contributed by atoms with Crippen molar-refractivity contribution in [3.8, 4) is 23.0 Å². The lowest BCUT2D eigenvalue weighted by atomic mass is 10.2. The number of imidazole rings is 1. The van der Waals surface area contributed by atoms with E-state index in [1.54, 1.807) is 29.1 Å². The Morgan fingerprint density at radius 2 is 2.04 bits per heavy atom. The molecule has 5 rings (SSSR count). The molecule has 0 unspecified atom stereocenters. The van der Waals surface area contributed by atoms with Crippen LogP contribution in [-0.2, 0) is 6.18 Å². The molecule has 0 spiro atoms. The Bertz CT molecular complexity index is 1160. The molecule has 0 bridgehead atoms. The maximum absolute atomic E-state index is 13.0. The highest BCUT2D eigenvalue weighted by atomic mass is 35.5. The van der Waals surface area contributed by atoms with E-state index < -0.39 is 12.0 Å². The summed E-state index contributed by atoms with van der Waals surface area (Å²) >= 11 is 6.48. The highest BCUT2D eigenvalue weighted by Crippen LogP contribution is 2.39. The fraction of sp³-hybridized carbons (Fsp3) is 0.235. The number of nitrogens with one attached hydrogen (secondary N) is 1. The highest BCUT2D eigenvalue weighted by molar-refractivity contribution is 6.23. The van der Waals surface area contributed by atoms with E-state index in [0.29, 0.717) is 22.3 Å². The first-order chi connectivity index (χ1) is 13.4. The highest BCUT2D eigenvalue weighted by Gasteiger charge is 2.36. The molecule has 4 aromatic rings. The average molecular weight is 409 g/mol. The first-order valence-electron chi connectivity index (χ1n) is 8.41. The van der Waals surface area contributed by atoms with Crippen molar-refractivity contribution in [2.45, 2.75) is 25.1 Å². The van der Waals surface area contributed by atoms with Gasteiger partial charge < -0.3 is 14.3 Å². The maximum atomic E-state index is 13.0. The van der Waals surface area contributed by atoms with Gasteiger partial charge >= 0.3 is 6.18 Å².